The molecule has 1 atom stereocenters. The van der Waals surface area contributed by atoms with E-state index in [-0.39, 0.29) is 5.92 Å². The fraction of sp³-hybridized carbons (Fsp3) is 0.188. The number of aromatic nitrogens is 3. The molecular formula is C16H16N4. The first-order chi connectivity index (χ1) is 9.83. The molecule has 4 heteroatoms. The molecule has 4 nitrogen and oxygen atoms in total. The zero-order valence-corrected chi connectivity index (χ0v) is 11.3. The standard InChI is InChI=1S/C16H16N4/c1-2-11(9-17)13-8-14-16(20-13)15(19-10-18-14)12-6-4-3-5-7-12/h3-11,17,20H,2H2,1H3/t11-/m1/s1. The van der Waals surface area contributed by atoms with Crippen molar-refractivity contribution in [1.29, 1.82) is 5.41 Å². The summed E-state index contributed by atoms with van der Waals surface area (Å²) in [4.78, 5) is 12.1. The molecule has 0 fully saturated rings. The maximum absolute atomic E-state index is 7.51. The molecule has 0 saturated carbocycles. The highest BCUT2D eigenvalue weighted by molar-refractivity contribution is 5.90. The minimum Gasteiger partial charge on any atom is -0.355 e. The van der Waals surface area contributed by atoms with Crippen LogP contribution in [0.2, 0.25) is 0 Å². The number of fused-ring (bicyclic) bond motifs is 1. The van der Waals surface area contributed by atoms with Gasteiger partial charge in [-0.05, 0) is 12.5 Å². The molecule has 2 aromatic heterocycles. The lowest BCUT2D eigenvalue weighted by Crippen LogP contribution is -1.97. The Morgan fingerprint density at radius 3 is 2.75 bits per heavy atom. The van der Waals surface area contributed by atoms with Gasteiger partial charge in [0.25, 0.3) is 0 Å². The SMILES string of the molecule is CC[C@H](C=N)c1cc2ncnc(-c3ccccc3)c2[nH]1. The maximum Gasteiger partial charge on any atom is 0.116 e. The van der Waals surface area contributed by atoms with Crippen LogP contribution in [0.25, 0.3) is 22.3 Å². The number of nitrogens with zero attached hydrogens (tertiary/aromatic N) is 2. The molecular weight excluding hydrogens is 248 g/mol. The Morgan fingerprint density at radius 2 is 2.05 bits per heavy atom. The second-order valence-corrected chi connectivity index (χ2v) is 4.75. The summed E-state index contributed by atoms with van der Waals surface area (Å²) in [6.07, 6.45) is 3.96. The number of nitrogens with one attached hydrogen (secondary N) is 2. The molecule has 0 aliphatic heterocycles. The van der Waals surface area contributed by atoms with Crippen LogP contribution in [0.5, 0.6) is 0 Å². The van der Waals surface area contributed by atoms with Gasteiger partial charge in [-0.1, -0.05) is 37.3 Å². The van der Waals surface area contributed by atoms with Crippen LogP contribution < -0.4 is 0 Å². The first-order valence-corrected chi connectivity index (χ1v) is 6.73. The van der Waals surface area contributed by atoms with Gasteiger partial charge in [0.1, 0.15) is 6.33 Å². The second kappa shape index (κ2) is 5.25. The van der Waals surface area contributed by atoms with Crippen LogP contribution in [0.1, 0.15) is 25.0 Å². The minimum atomic E-state index is 0.104. The second-order valence-electron chi connectivity index (χ2n) is 4.75. The van der Waals surface area contributed by atoms with Crippen molar-refractivity contribution in [2.24, 2.45) is 0 Å². The van der Waals surface area contributed by atoms with E-state index in [0.29, 0.717) is 0 Å². The molecule has 0 amide bonds. The third-order valence-electron chi connectivity index (χ3n) is 3.53. The number of H-pyrrole nitrogens is 1. The van der Waals surface area contributed by atoms with Crippen molar-refractivity contribution in [1.82, 2.24) is 15.0 Å². The predicted molar refractivity (Wildman–Crippen MR) is 81.1 cm³/mol. The lowest BCUT2D eigenvalue weighted by molar-refractivity contribution is 0.832. The average Bonchev–Trinajstić information content (AvgIpc) is 2.93. The fourth-order valence-electron chi connectivity index (χ4n) is 2.40. The molecule has 0 aliphatic rings. The van der Waals surface area contributed by atoms with Crippen LogP contribution in [0.4, 0.5) is 0 Å². The van der Waals surface area contributed by atoms with E-state index in [1.165, 1.54) is 6.21 Å². The molecule has 0 unspecified atom stereocenters. The molecule has 2 N–H and O–H groups in total. The quantitative estimate of drug-likeness (QED) is 0.704. The Bertz CT molecular complexity index is 731. The zero-order chi connectivity index (χ0) is 13.9. The summed E-state index contributed by atoms with van der Waals surface area (Å²) in [5.74, 6) is 0.104. The number of rotatable bonds is 4. The van der Waals surface area contributed by atoms with Gasteiger partial charge in [-0.3, -0.25) is 0 Å². The Morgan fingerprint density at radius 1 is 1.25 bits per heavy atom. The van der Waals surface area contributed by atoms with E-state index in [9.17, 15) is 0 Å². The van der Waals surface area contributed by atoms with Gasteiger partial charge in [-0.15, -0.1) is 0 Å². The van der Waals surface area contributed by atoms with Gasteiger partial charge >= 0.3 is 0 Å². The number of hydrogen-bond donors (Lipinski definition) is 2. The van der Waals surface area contributed by atoms with E-state index in [0.717, 1.165) is 34.4 Å². The molecule has 0 spiro atoms. The van der Waals surface area contributed by atoms with Crippen molar-refractivity contribution in [3.05, 3.63) is 48.4 Å². The van der Waals surface area contributed by atoms with Gasteiger partial charge < -0.3 is 10.4 Å². The summed E-state index contributed by atoms with van der Waals surface area (Å²) in [6, 6.07) is 12.1. The molecule has 1 aromatic carbocycles. The maximum atomic E-state index is 7.51. The summed E-state index contributed by atoms with van der Waals surface area (Å²) >= 11 is 0. The van der Waals surface area contributed by atoms with Gasteiger partial charge in [0, 0.05) is 23.4 Å². The van der Waals surface area contributed by atoms with Crippen molar-refractivity contribution in [3.63, 3.8) is 0 Å². The number of benzene rings is 1. The number of aromatic amines is 1. The van der Waals surface area contributed by atoms with Crippen LogP contribution in [0.15, 0.2) is 42.7 Å². The van der Waals surface area contributed by atoms with E-state index in [2.05, 4.69) is 21.9 Å². The summed E-state index contributed by atoms with van der Waals surface area (Å²) in [7, 11) is 0. The fourth-order valence-corrected chi connectivity index (χ4v) is 2.40. The minimum absolute atomic E-state index is 0.104. The van der Waals surface area contributed by atoms with E-state index in [1.54, 1.807) is 6.33 Å². The van der Waals surface area contributed by atoms with Crippen molar-refractivity contribution >= 4 is 17.2 Å². The lowest BCUT2D eigenvalue weighted by atomic mass is 10.0. The molecule has 0 saturated heterocycles. The van der Waals surface area contributed by atoms with Gasteiger partial charge in [0.15, 0.2) is 0 Å². The lowest BCUT2D eigenvalue weighted by Gasteiger charge is -2.05. The van der Waals surface area contributed by atoms with Crippen LogP contribution >= 0.6 is 0 Å². The molecule has 0 bridgehead atoms. The summed E-state index contributed by atoms with van der Waals surface area (Å²) in [5, 5.41) is 7.51. The smallest absolute Gasteiger partial charge is 0.116 e. The number of hydrogen-bond acceptors (Lipinski definition) is 3. The molecule has 3 rings (SSSR count). The highest BCUT2D eigenvalue weighted by atomic mass is 14.9. The van der Waals surface area contributed by atoms with Crippen molar-refractivity contribution < 1.29 is 0 Å². The molecule has 0 radical (unpaired) electrons. The van der Waals surface area contributed by atoms with Crippen molar-refractivity contribution in [2.45, 2.75) is 19.3 Å². The third kappa shape index (κ3) is 2.09. The first-order valence-electron chi connectivity index (χ1n) is 6.73. The van der Waals surface area contributed by atoms with Gasteiger partial charge in [-0.2, -0.15) is 0 Å². The van der Waals surface area contributed by atoms with E-state index >= 15 is 0 Å². The van der Waals surface area contributed by atoms with Crippen LogP contribution in [-0.4, -0.2) is 21.2 Å². The van der Waals surface area contributed by atoms with E-state index in [4.69, 9.17) is 5.41 Å². The molecule has 3 aromatic rings. The van der Waals surface area contributed by atoms with Crippen LogP contribution in [0.3, 0.4) is 0 Å². The van der Waals surface area contributed by atoms with Crippen molar-refractivity contribution in [2.75, 3.05) is 0 Å². The molecule has 100 valence electrons. The molecule has 0 aliphatic carbocycles. The summed E-state index contributed by atoms with van der Waals surface area (Å²) in [5.41, 5.74) is 4.83. The molecule has 2 heterocycles. The topological polar surface area (TPSA) is 65.4 Å². The summed E-state index contributed by atoms with van der Waals surface area (Å²) < 4.78 is 0. The Labute approximate surface area is 117 Å². The van der Waals surface area contributed by atoms with Gasteiger partial charge in [-0.25, -0.2) is 9.97 Å². The Balaban J connectivity index is 2.17. The van der Waals surface area contributed by atoms with Gasteiger partial charge in [0.05, 0.1) is 16.7 Å². The predicted octanol–water partition coefficient (Wildman–Crippen LogP) is 3.77. The Hall–Kier alpha value is -2.49. The monoisotopic (exact) mass is 264 g/mol. The highest BCUT2D eigenvalue weighted by Gasteiger charge is 2.13. The van der Waals surface area contributed by atoms with Crippen LogP contribution in [-0.2, 0) is 0 Å². The Kier molecular flexibility index (Phi) is 3.29. The van der Waals surface area contributed by atoms with Crippen LogP contribution in [0, 0.1) is 5.41 Å². The van der Waals surface area contributed by atoms with E-state index in [1.807, 2.05) is 36.4 Å². The average molecular weight is 264 g/mol. The highest BCUT2D eigenvalue weighted by Crippen LogP contribution is 2.27. The normalized spacial score (nSPS) is 12.4. The van der Waals surface area contributed by atoms with Gasteiger partial charge in [0.2, 0.25) is 0 Å². The first kappa shape index (κ1) is 12.5. The zero-order valence-electron chi connectivity index (χ0n) is 11.3. The van der Waals surface area contributed by atoms with E-state index < -0.39 is 0 Å². The molecule has 20 heavy (non-hydrogen) atoms. The van der Waals surface area contributed by atoms with Crippen molar-refractivity contribution in [3.8, 4) is 11.3 Å². The summed E-state index contributed by atoms with van der Waals surface area (Å²) in [6.45, 7) is 2.07. The largest absolute Gasteiger partial charge is 0.355 e. The third-order valence-corrected chi connectivity index (χ3v) is 3.53.